The molecule has 0 aromatic heterocycles. The Morgan fingerprint density at radius 3 is 2.41 bits per heavy atom. The standard InChI is InChI=1S/C22H29N3O2/c1-16-6-5-7-21(17(16)2)25-14-12-24(13-15-25)18(3)22(26)23-19-8-10-20(27-4)11-9-19/h5-11,18H,12-15H2,1-4H3,(H,23,26)/p+1/t18-/m0/s1. The first-order valence-electron chi connectivity index (χ1n) is 9.60. The van der Waals surface area contributed by atoms with E-state index in [0.29, 0.717) is 0 Å². The molecular weight excluding hydrogens is 338 g/mol. The van der Waals surface area contributed by atoms with Crippen LogP contribution in [0.4, 0.5) is 11.4 Å². The second kappa shape index (κ2) is 8.44. The van der Waals surface area contributed by atoms with E-state index < -0.39 is 0 Å². The molecule has 0 radical (unpaired) electrons. The third-order valence-electron chi connectivity index (χ3n) is 5.69. The summed E-state index contributed by atoms with van der Waals surface area (Å²) in [7, 11) is 1.64. The molecule has 0 unspecified atom stereocenters. The Hall–Kier alpha value is -2.53. The van der Waals surface area contributed by atoms with Crippen LogP contribution in [0.1, 0.15) is 18.1 Å². The lowest BCUT2D eigenvalue weighted by atomic mass is 10.1. The Labute approximate surface area is 161 Å². The van der Waals surface area contributed by atoms with Crippen LogP contribution in [-0.4, -0.2) is 45.2 Å². The van der Waals surface area contributed by atoms with Crippen molar-refractivity contribution in [2.45, 2.75) is 26.8 Å². The average molecular weight is 369 g/mol. The molecule has 5 nitrogen and oxygen atoms in total. The third-order valence-corrected chi connectivity index (χ3v) is 5.69. The highest BCUT2D eigenvalue weighted by molar-refractivity contribution is 5.93. The predicted molar refractivity (Wildman–Crippen MR) is 110 cm³/mol. The number of benzene rings is 2. The third kappa shape index (κ3) is 4.42. The number of hydrogen-bond acceptors (Lipinski definition) is 3. The van der Waals surface area contributed by atoms with E-state index in [2.05, 4.69) is 42.3 Å². The van der Waals surface area contributed by atoms with Crippen LogP contribution < -0.4 is 19.9 Å². The molecule has 1 atom stereocenters. The summed E-state index contributed by atoms with van der Waals surface area (Å²) in [6.45, 7) is 10.2. The Kier molecular flexibility index (Phi) is 6.01. The van der Waals surface area contributed by atoms with E-state index >= 15 is 0 Å². The lowest BCUT2D eigenvalue weighted by molar-refractivity contribution is -0.914. The van der Waals surface area contributed by atoms with Gasteiger partial charge >= 0.3 is 0 Å². The fourth-order valence-corrected chi connectivity index (χ4v) is 3.66. The minimum absolute atomic E-state index is 0.0651. The quantitative estimate of drug-likeness (QED) is 0.849. The van der Waals surface area contributed by atoms with Crippen molar-refractivity contribution in [2.75, 3.05) is 43.5 Å². The number of anilines is 2. The Morgan fingerprint density at radius 1 is 1.11 bits per heavy atom. The highest BCUT2D eigenvalue weighted by Gasteiger charge is 2.29. The van der Waals surface area contributed by atoms with Crippen molar-refractivity contribution in [2.24, 2.45) is 0 Å². The second-order valence-electron chi connectivity index (χ2n) is 7.30. The summed E-state index contributed by atoms with van der Waals surface area (Å²) in [5.74, 6) is 0.851. The van der Waals surface area contributed by atoms with Crippen molar-refractivity contribution < 1.29 is 14.4 Å². The van der Waals surface area contributed by atoms with Crippen molar-refractivity contribution in [3.05, 3.63) is 53.6 Å². The number of ether oxygens (including phenoxy) is 1. The normalized spacial score (nSPS) is 16.1. The van der Waals surface area contributed by atoms with Gasteiger partial charge in [-0.1, -0.05) is 12.1 Å². The number of hydrogen-bond donors (Lipinski definition) is 2. The lowest BCUT2D eigenvalue weighted by Gasteiger charge is -2.36. The first-order chi connectivity index (χ1) is 13.0. The van der Waals surface area contributed by atoms with Crippen LogP contribution in [0.15, 0.2) is 42.5 Å². The fraction of sp³-hybridized carbons (Fsp3) is 0.409. The minimum Gasteiger partial charge on any atom is -0.497 e. The smallest absolute Gasteiger partial charge is 0.282 e. The van der Waals surface area contributed by atoms with E-state index in [-0.39, 0.29) is 11.9 Å². The first-order valence-corrected chi connectivity index (χ1v) is 9.60. The van der Waals surface area contributed by atoms with Gasteiger partial charge < -0.3 is 19.9 Å². The molecule has 5 heteroatoms. The Bertz CT molecular complexity index is 781. The van der Waals surface area contributed by atoms with Crippen molar-refractivity contribution in [3.8, 4) is 5.75 Å². The number of rotatable bonds is 5. The molecule has 2 aromatic carbocycles. The maximum absolute atomic E-state index is 12.6. The molecule has 144 valence electrons. The van der Waals surface area contributed by atoms with Crippen molar-refractivity contribution >= 4 is 17.3 Å². The van der Waals surface area contributed by atoms with Crippen LogP contribution in [0.2, 0.25) is 0 Å². The summed E-state index contributed by atoms with van der Waals surface area (Å²) in [4.78, 5) is 16.4. The van der Waals surface area contributed by atoms with Crippen molar-refractivity contribution in [3.63, 3.8) is 0 Å². The molecule has 1 aliphatic rings. The summed E-state index contributed by atoms with van der Waals surface area (Å²) in [5.41, 5.74) is 4.81. The number of aryl methyl sites for hydroxylation is 1. The van der Waals surface area contributed by atoms with Crippen LogP contribution in [0.5, 0.6) is 5.75 Å². The number of nitrogens with zero attached hydrogens (tertiary/aromatic N) is 1. The van der Waals surface area contributed by atoms with E-state index in [1.54, 1.807) is 7.11 Å². The second-order valence-corrected chi connectivity index (χ2v) is 7.30. The molecule has 2 N–H and O–H groups in total. The van der Waals surface area contributed by atoms with E-state index in [4.69, 9.17) is 4.74 Å². The fourth-order valence-electron chi connectivity index (χ4n) is 3.66. The summed E-state index contributed by atoms with van der Waals surface area (Å²) < 4.78 is 5.16. The summed E-state index contributed by atoms with van der Waals surface area (Å²) in [5, 5.41) is 3.02. The van der Waals surface area contributed by atoms with Gasteiger partial charge in [-0.25, -0.2) is 0 Å². The molecule has 1 fully saturated rings. The zero-order valence-corrected chi connectivity index (χ0v) is 16.7. The Balaban J connectivity index is 1.56. The average Bonchev–Trinajstić information content (AvgIpc) is 2.70. The number of carbonyl (C=O) groups excluding carboxylic acids is 1. The maximum atomic E-state index is 12.6. The number of quaternary nitrogens is 1. The summed E-state index contributed by atoms with van der Waals surface area (Å²) >= 11 is 0. The zero-order valence-electron chi connectivity index (χ0n) is 16.7. The number of piperazine rings is 1. The summed E-state index contributed by atoms with van der Waals surface area (Å²) in [6.07, 6.45) is 0. The minimum atomic E-state index is -0.0761. The zero-order chi connectivity index (χ0) is 19.4. The monoisotopic (exact) mass is 368 g/mol. The van der Waals surface area contributed by atoms with Crippen LogP contribution >= 0.6 is 0 Å². The van der Waals surface area contributed by atoms with Gasteiger partial charge in [0.05, 0.1) is 33.3 Å². The van der Waals surface area contributed by atoms with Gasteiger partial charge in [-0.05, 0) is 62.2 Å². The van der Waals surface area contributed by atoms with Crippen LogP contribution in [0, 0.1) is 13.8 Å². The van der Waals surface area contributed by atoms with Gasteiger partial charge in [0.1, 0.15) is 5.75 Å². The van der Waals surface area contributed by atoms with Gasteiger partial charge in [-0.2, -0.15) is 0 Å². The van der Waals surface area contributed by atoms with Gasteiger partial charge in [-0.15, -0.1) is 0 Å². The van der Waals surface area contributed by atoms with Gasteiger partial charge in [0.15, 0.2) is 6.04 Å². The number of carbonyl (C=O) groups is 1. The topological polar surface area (TPSA) is 46.0 Å². The lowest BCUT2D eigenvalue weighted by Crippen LogP contribution is -3.19. The Morgan fingerprint density at radius 2 is 1.78 bits per heavy atom. The maximum Gasteiger partial charge on any atom is 0.282 e. The van der Waals surface area contributed by atoms with Crippen LogP contribution in [0.25, 0.3) is 0 Å². The molecule has 1 saturated heterocycles. The molecule has 1 amide bonds. The van der Waals surface area contributed by atoms with Crippen LogP contribution in [-0.2, 0) is 4.79 Å². The van der Waals surface area contributed by atoms with E-state index in [0.717, 1.165) is 37.6 Å². The molecule has 1 heterocycles. The molecule has 0 saturated carbocycles. The van der Waals surface area contributed by atoms with E-state index in [1.165, 1.54) is 21.7 Å². The van der Waals surface area contributed by atoms with Crippen molar-refractivity contribution in [1.29, 1.82) is 0 Å². The van der Waals surface area contributed by atoms with Gasteiger partial charge in [0.25, 0.3) is 5.91 Å². The summed E-state index contributed by atoms with van der Waals surface area (Å²) in [6, 6.07) is 13.9. The number of amides is 1. The van der Waals surface area contributed by atoms with E-state index in [1.807, 2.05) is 31.2 Å². The van der Waals surface area contributed by atoms with Gasteiger partial charge in [0, 0.05) is 11.4 Å². The predicted octanol–water partition coefficient (Wildman–Crippen LogP) is 2.04. The SMILES string of the molecule is COc1ccc(NC(=O)[C@H](C)[NH+]2CCN(c3cccc(C)c3C)CC2)cc1. The van der Waals surface area contributed by atoms with Gasteiger partial charge in [0.2, 0.25) is 0 Å². The van der Waals surface area contributed by atoms with Crippen molar-refractivity contribution in [1.82, 2.24) is 0 Å². The number of methoxy groups -OCH3 is 1. The molecule has 2 aromatic rings. The molecular formula is C22H30N3O2+. The first kappa shape index (κ1) is 19.2. The molecule has 1 aliphatic heterocycles. The van der Waals surface area contributed by atoms with E-state index in [9.17, 15) is 4.79 Å². The highest BCUT2D eigenvalue weighted by atomic mass is 16.5. The largest absolute Gasteiger partial charge is 0.497 e. The molecule has 0 bridgehead atoms. The molecule has 3 rings (SSSR count). The number of nitrogens with one attached hydrogen (secondary N) is 2. The highest BCUT2D eigenvalue weighted by Crippen LogP contribution is 2.22. The van der Waals surface area contributed by atoms with Crippen LogP contribution in [0.3, 0.4) is 0 Å². The molecule has 0 spiro atoms. The molecule has 27 heavy (non-hydrogen) atoms. The van der Waals surface area contributed by atoms with Gasteiger partial charge in [-0.3, -0.25) is 4.79 Å². The molecule has 0 aliphatic carbocycles.